The Morgan fingerprint density at radius 2 is 1.62 bits per heavy atom. The summed E-state index contributed by atoms with van der Waals surface area (Å²) in [5, 5.41) is 13.1. The third-order valence-corrected chi connectivity index (χ3v) is 7.95. The highest BCUT2D eigenvalue weighted by atomic mass is 32.2. The van der Waals surface area contributed by atoms with Gasteiger partial charge in [-0.1, -0.05) is 79.9 Å². The van der Waals surface area contributed by atoms with E-state index in [-0.39, 0.29) is 23.1 Å². The Kier molecular flexibility index (Phi) is 8.41. The molecule has 0 radical (unpaired) electrons. The number of nitrogens with zero attached hydrogens (tertiary/aromatic N) is 1. The first-order valence-corrected chi connectivity index (χ1v) is 14.2. The van der Waals surface area contributed by atoms with Crippen LogP contribution >= 0.6 is 0 Å². The maximum absolute atomic E-state index is 13.5. The molecule has 5 N–H and O–H groups in total. The van der Waals surface area contributed by atoms with Crippen molar-refractivity contribution in [2.75, 3.05) is 6.54 Å². The van der Waals surface area contributed by atoms with Gasteiger partial charge in [-0.25, -0.2) is 13.6 Å². The first kappa shape index (κ1) is 26.6. The van der Waals surface area contributed by atoms with Crippen LogP contribution in [0.4, 0.5) is 0 Å². The zero-order chi connectivity index (χ0) is 26.4. The highest BCUT2D eigenvalue weighted by Gasteiger charge is 2.22. The van der Waals surface area contributed by atoms with Crippen LogP contribution in [0.15, 0.2) is 77.7 Å². The van der Waals surface area contributed by atoms with Crippen molar-refractivity contribution in [2.45, 2.75) is 50.0 Å². The van der Waals surface area contributed by atoms with Gasteiger partial charge in [0.05, 0.1) is 11.3 Å². The van der Waals surface area contributed by atoms with Gasteiger partial charge in [0, 0.05) is 24.2 Å². The fourth-order valence-electron chi connectivity index (χ4n) is 5.04. The summed E-state index contributed by atoms with van der Waals surface area (Å²) in [6.07, 6.45) is 6.18. The van der Waals surface area contributed by atoms with Crippen LogP contribution in [0.2, 0.25) is 0 Å². The van der Waals surface area contributed by atoms with Gasteiger partial charge in [0.1, 0.15) is 5.84 Å². The van der Waals surface area contributed by atoms with Gasteiger partial charge in [-0.3, -0.25) is 10.2 Å². The number of amides is 1. The van der Waals surface area contributed by atoms with Crippen molar-refractivity contribution in [2.24, 2.45) is 16.8 Å². The van der Waals surface area contributed by atoms with E-state index >= 15 is 0 Å². The number of primary sulfonamides is 1. The van der Waals surface area contributed by atoms with E-state index in [2.05, 4.69) is 0 Å². The number of nitrogens with one attached hydrogen (secondary N) is 1. The quantitative estimate of drug-likeness (QED) is 0.286. The van der Waals surface area contributed by atoms with Gasteiger partial charge in [0.2, 0.25) is 15.9 Å². The molecule has 37 heavy (non-hydrogen) atoms. The lowest BCUT2D eigenvalue weighted by molar-refractivity contribution is -0.132. The molecule has 8 heteroatoms. The number of hydrogen-bond donors (Lipinski definition) is 3. The number of hydrogen-bond acceptors (Lipinski definition) is 4. The molecule has 3 aromatic carbocycles. The minimum atomic E-state index is -3.86. The Hall–Kier alpha value is -3.49. The summed E-state index contributed by atoms with van der Waals surface area (Å²) in [7, 11) is -3.86. The number of amidine groups is 1. The number of sulfonamides is 1. The Morgan fingerprint density at radius 1 is 0.919 bits per heavy atom. The molecule has 3 aromatic rings. The van der Waals surface area contributed by atoms with Crippen LogP contribution in [-0.2, 0) is 27.8 Å². The van der Waals surface area contributed by atoms with E-state index < -0.39 is 10.0 Å². The van der Waals surface area contributed by atoms with Crippen LogP contribution in [0.25, 0.3) is 11.1 Å². The van der Waals surface area contributed by atoms with E-state index in [0.29, 0.717) is 30.1 Å². The monoisotopic (exact) mass is 518 g/mol. The first-order valence-electron chi connectivity index (χ1n) is 12.6. The molecule has 194 valence electrons. The van der Waals surface area contributed by atoms with Crippen molar-refractivity contribution in [1.29, 1.82) is 5.41 Å². The van der Waals surface area contributed by atoms with Crippen LogP contribution in [-0.4, -0.2) is 31.6 Å². The van der Waals surface area contributed by atoms with Gasteiger partial charge in [-0.05, 0) is 47.6 Å². The highest BCUT2D eigenvalue weighted by Crippen LogP contribution is 2.28. The molecule has 0 unspecified atom stereocenters. The number of benzene rings is 3. The second-order valence-corrected chi connectivity index (χ2v) is 11.3. The molecule has 1 aliphatic rings. The van der Waals surface area contributed by atoms with E-state index in [0.717, 1.165) is 29.5 Å². The van der Waals surface area contributed by atoms with Gasteiger partial charge in [0.25, 0.3) is 0 Å². The summed E-state index contributed by atoms with van der Waals surface area (Å²) in [6, 6.07) is 21.5. The number of rotatable bonds is 9. The van der Waals surface area contributed by atoms with Crippen molar-refractivity contribution in [3.05, 3.63) is 89.5 Å². The molecular formula is C29H34N4O3S. The van der Waals surface area contributed by atoms with Crippen LogP contribution < -0.4 is 10.9 Å². The minimum Gasteiger partial charge on any atom is -0.384 e. The molecule has 4 rings (SSSR count). The van der Waals surface area contributed by atoms with Crippen LogP contribution in [0, 0.1) is 11.3 Å². The second kappa shape index (κ2) is 11.7. The molecule has 1 amide bonds. The van der Waals surface area contributed by atoms with Gasteiger partial charge in [0.15, 0.2) is 0 Å². The zero-order valence-electron chi connectivity index (χ0n) is 20.9. The van der Waals surface area contributed by atoms with Gasteiger partial charge in [-0.15, -0.1) is 0 Å². The fourth-order valence-corrected chi connectivity index (χ4v) is 5.80. The fraction of sp³-hybridized carbons (Fsp3) is 0.310. The molecule has 0 saturated heterocycles. The predicted molar refractivity (Wildman–Crippen MR) is 146 cm³/mol. The molecule has 0 heterocycles. The van der Waals surface area contributed by atoms with Crippen molar-refractivity contribution in [3.63, 3.8) is 0 Å². The average Bonchev–Trinajstić information content (AvgIpc) is 2.89. The van der Waals surface area contributed by atoms with Crippen molar-refractivity contribution in [1.82, 2.24) is 4.90 Å². The summed E-state index contributed by atoms with van der Waals surface area (Å²) in [5.41, 5.74) is 9.39. The van der Waals surface area contributed by atoms with Crippen molar-refractivity contribution in [3.8, 4) is 11.1 Å². The lowest BCUT2D eigenvalue weighted by Gasteiger charge is -2.30. The molecule has 0 bridgehead atoms. The average molecular weight is 519 g/mol. The van der Waals surface area contributed by atoms with Gasteiger partial charge in [-0.2, -0.15) is 0 Å². The summed E-state index contributed by atoms with van der Waals surface area (Å²) in [4.78, 5) is 15.5. The number of carbonyl (C=O) groups excluding carboxylic acids is 1. The predicted octanol–water partition coefficient (Wildman–Crippen LogP) is 4.44. The normalized spacial score (nSPS) is 14.3. The Bertz CT molecular complexity index is 1360. The lowest BCUT2D eigenvalue weighted by atomic mass is 9.88. The maximum Gasteiger partial charge on any atom is 0.238 e. The van der Waals surface area contributed by atoms with E-state index in [1.807, 2.05) is 47.4 Å². The second-order valence-electron chi connectivity index (χ2n) is 9.81. The van der Waals surface area contributed by atoms with Crippen LogP contribution in [0.5, 0.6) is 0 Å². The molecule has 0 aliphatic heterocycles. The van der Waals surface area contributed by atoms with E-state index in [1.165, 1.54) is 25.3 Å². The van der Waals surface area contributed by atoms with Gasteiger partial charge >= 0.3 is 0 Å². The molecule has 7 nitrogen and oxygen atoms in total. The van der Waals surface area contributed by atoms with Crippen molar-refractivity contribution >= 4 is 21.8 Å². The zero-order valence-corrected chi connectivity index (χ0v) is 21.7. The molecule has 0 aromatic heterocycles. The highest BCUT2D eigenvalue weighted by molar-refractivity contribution is 7.89. The summed E-state index contributed by atoms with van der Waals surface area (Å²) in [6.45, 7) is 1.18. The molecule has 1 aliphatic carbocycles. The lowest BCUT2D eigenvalue weighted by Crippen LogP contribution is -2.36. The molecule has 1 fully saturated rings. The Labute approximate surface area is 219 Å². The first-order chi connectivity index (χ1) is 17.7. The summed E-state index contributed by atoms with van der Waals surface area (Å²) >= 11 is 0. The third kappa shape index (κ3) is 7.05. The number of nitrogen functional groups attached to an aromatic ring is 1. The van der Waals surface area contributed by atoms with Crippen molar-refractivity contribution < 1.29 is 13.2 Å². The minimum absolute atomic E-state index is 0.0103. The largest absolute Gasteiger partial charge is 0.384 e. The van der Waals surface area contributed by atoms with E-state index in [4.69, 9.17) is 16.3 Å². The molecule has 1 saturated carbocycles. The maximum atomic E-state index is 13.5. The van der Waals surface area contributed by atoms with E-state index in [1.54, 1.807) is 24.3 Å². The Balaban J connectivity index is 1.53. The molecule has 0 atom stereocenters. The topological polar surface area (TPSA) is 130 Å². The van der Waals surface area contributed by atoms with Crippen LogP contribution in [0.1, 0.15) is 48.8 Å². The standard InChI is InChI=1S/C29H34N4O3S/c30-29(31)25-10-6-9-23(17-25)20-33(19-22-7-2-1-3-8-22)28(34)18-21-13-15-24(16-14-21)26-11-4-5-12-27(26)37(32,35)36/h4-6,9-17,22H,1-3,7-8,18-20H2,(H3,30,31)(H2,32,35,36). The Morgan fingerprint density at radius 3 is 2.30 bits per heavy atom. The third-order valence-electron chi connectivity index (χ3n) is 6.98. The number of carbonyl (C=O) groups is 1. The number of nitrogens with two attached hydrogens (primary N) is 2. The molecule has 0 spiro atoms. The summed E-state index contributed by atoms with van der Waals surface area (Å²) in [5.74, 6) is 0.540. The SMILES string of the molecule is N=C(N)c1cccc(CN(CC2CCCCC2)C(=O)Cc2ccc(-c3ccccc3S(N)(=O)=O)cc2)c1. The smallest absolute Gasteiger partial charge is 0.238 e. The van der Waals surface area contributed by atoms with Crippen LogP contribution in [0.3, 0.4) is 0 Å². The van der Waals surface area contributed by atoms with Gasteiger partial charge < -0.3 is 10.6 Å². The molecular weight excluding hydrogens is 484 g/mol. The summed E-state index contributed by atoms with van der Waals surface area (Å²) < 4.78 is 24.0. The van der Waals surface area contributed by atoms with E-state index in [9.17, 15) is 13.2 Å².